The second-order valence-electron chi connectivity index (χ2n) is 14.2. The molecule has 0 radical (unpaired) electrons. The van der Waals surface area contributed by atoms with Crippen LogP contribution < -0.4 is 4.90 Å². The highest BCUT2D eigenvalue weighted by molar-refractivity contribution is 7.79. The topological polar surface area (TPSA) is 3.24 Å². The van der Waals surface area contributed by atoms with Gasteiger partial charge in [0.25, 0.3) is 0 Å². The standard InChI is InChI=1S/C51H37NS/c1-34-22-31-45-48(32-34)51(47-21-10-14-38(33-53)49(45)47)46-20-9-8-17-43(46)44-19-11-18-42(50(44)51)37-25-29-41(30-26-37)52(39-15-6-3-7-16-39)40-27-23-36(24-28-40)35-12-4-2-5-13-35/h2-32,53H,33H2,1H3. The van der Waals surface area contributed by atoms with E-state index in [1.165, 1.54) is 77.9 Å². The van der Waals surface area contributed by atoms with E-state index < -0.39 is 5.41 Å². The number of hydrogen-bond donors (Lipinski definition) is 1. The number of rotatable bonds is 6. The van der Waals surface area contributed by atoms with Gasteiger partial charge in [-0.15, -0.1) is 0 Å². The maximum Gasteiger partial charge on any atom is 0.0731 e. The van der Waals surface area contributed by atoms with Crippen molar-refractivity contribution >= 4 is 29.7 Å². The normalized spacial score (nSPS) is 14.8. The molecule has 10 rings (SSSR count). The van der Waals surface area contributed by atoms with Gasteiger partial charge in [0.15, 0.2) is 0 Å². The Morgan fingerprint density at radius 1 is 0.434 bits per heavy atom. The summed E-state index contributed by atoms with van der Waals surface area (Å²) in [6, 6.07) is 69.1. The molecule has 2 aliphatic rings. The Morgan fingerprint density at radius 2 is 1.00 bits per heavy atom. The van der Waals surface area contributed by atoms with E-state index in [0.717, 1.165) is 17.1 Å². The number of aryl methyl sites for hydroxylation is 1. The number of para-hydroxylation sites is 1. The highest BCUT2D eigenvalue weighted by Crippen LogP contribution is 2.65. The molecule has 0 fully saturated rings. The van der Waals surface area contributed by atoms with Gasteiger partial charge in [-0.1, -0.05) is 157 Å². The highest BCUT2D eigenvalue weighted by atomic mass is 32.1. The minimum Gasteiger partial charge on any atom is -0.311 e. The van der Waals surface area contributed by atoms with Crippen LogP contribution in [0.1, 0.15) is 33.4 Å². The molecule has 0 aromatic heterocycles. The molecule has 0 saturated carbocycles. The van der Waals surface area contributed by atoms with Gasteiger partial charge in [-0.2, -0.15) is 12.6 Å². The number of anilines is 3. The van der Waals surface area contributed by atoms with Crippen molar-refractivity contribution in [2.24, 2.45) is 0 Å². The van der Waals surface area contributed by atoms with Gasteiger partial charge in [-0.3, -0.25) is 0 Å². The molecule has 53 heavy (non-hydrogen) atoms. The number of fused-ring (bicyclic) bond motifs is 10. The number of hydrogen-bond acceptors (Lipinski definition) is 2. The van der Waals surface area contributed by atoms with Crippen molar-refractivity contribution in [2.75, 3.05) is 4.90 Å². The maximum atomic E-state index is 4.84. The lowest BCUT2D eigenvalue weighted by molar-refractivity contribution is 0.794. The lowest BCUT2D eigenvalue weighted by Gasteiger charge is -2.32. The molecular weight excluding hydrogens is 659 g/mol. The zero-order valence-corrected chi connectivity index (χ0v) is 30.4. The molecule has 0 saturated heterocycles. The molecule has 2 aliphatic carbocycles. The molecule has 1 atom stereocenters. The minimum atomic E-state index is -0.437. The van der Waals surface area contributed by atoms with E-state index in [9.17, 15) is 0 Å². The van der Waals surface area contributed by atoms with E-state index in [2.05, 4.69) is 200 Å². The van der Waals surface area contributed by atoms with Crippen LogP contribution in [0, 0.1) is 6.92 Å². The Labute approximate surface area is 317 Å². The second kappa shape index (κ2) is 12.5. The monoisotopic (exact) mass is 695 g/mol. The lowest BCUT2D eigenvalue weighted by atomic mass is 9.68. The molecule has 0 aliphatic heterocycles. The minimum absolute atomic E-state index is 0.437. The summed E-state index contributed by atoms with van der Waals surface area (Å²) in [7, 11) is 0. The molecule has 8 aromatic rings. The summed E-state index contributed by atoms with van der Waals surface area (Å²) >= 11 is 4.84. The van der Waals surface area contributed by atoms with E-state index in [0.29, 0.717) is 5.75 Å². The predicted octanol–water partition coefficient (Wildman–Crippen LogP) is 13.6. The van der Waals surface area contributed by atoms with Crippen LogP contribution in [0.2, 0.25) is 0 Å². The lowest BCUT2D eigenvalue weighted by Crippen LogP contribution is -2.26. The molecule has 8 aromatic carbocycles. The summed E-state index contributed by atoms with van der Waals surface area (Å²) in [4.78, 5) is 2.34. The van der Waals surface area contributed by atoms with E-state index >= 15 is 0 Å². The fraction of sp³-hybridized carbons (Fsp3) is 0.0588. The Balaban J connectivity index is 1.15. The van der Waals surface area contributed by atoms with Crippen molar-refractivity contribution in [3.05, 3.63) is 221 Å². The molecule has 252 valence electrons. The Bertz CT molecular complexity index is 2640. The van der Waals surface area contributed by atoms with Gasteiger partial charge in [0.2, 0.25) is 0 Å². The second-order valence-corrected chi connectivity index (χ2v) is 14.5. The summed E-state index contributed by atoms with van der Waals surface area (Å²) in [5, 5.41) is 0. The Morgan fingerprint density at radius 3 is 1.74 bits per heavy atom. The van der Waals surface area contributed by atoms with E-state index in [-0.39, 0.29) is 0 Å². The summed E-state index contributed by atoms with van der Waals surface area (Å²) in [5.74, 6) is 0.692. The first-order valence-corrected chi connectivity index (χ1v) is 19.0. The van der Waals surface area contributed by atoms with Crippen molar-refractivity contribution in [1.82, 2.24) is 0 Å². The van der Waals surface area contributed by atoms with Gasteiger partial charge < -0.3 is 4.90 Å². The molecule has 0 amide bonds. The smallest absolute Gasteiger partial charge is 0.0731 e. The molecular formula is C51H37NS. The van der Waals surface area contributed by atoms with Crippen LogP contribution in [-0.4, -0.2) is 0 Å². The van der Waals surface area contributed by atoms with Gasteiger partial charge in [-0.05, 0) is 116 Å². The summed E-state index contributed by atoms with van der Waals surface area (Å²) in [6.07, 6.45) is 0. The first-order valence-electron chi connectivity index (χ1n) is 18.4. The molecule has 1 spiro atoms. The van der Waals surface area contributed by atoms with Crippen molar-refractivity contribution in [3.8, 4) is 44.5 Å². The first kappa shape index (κ1) is 31.6. The van der Waals surface area contributed by atoms with Crippen molar-refractivity contribution < 1.29 is 0 Å². The van der Waals surface area contributed by atoms with Crippen LogP contribution in [0.25, 0.3) is 44.5 Å². The van der Waals surface area contributed by atoms with Crippen LogP contribution in [0.15, 0.2) is 188 Å². The number of benzene rings is 8. The van der Waals surface area contributed by atoms with Crippen molar-refractivity contribution in [2.45, 2.75) is 18.1 Å². The predicted molar refractivity (Wildman–Crippen MR) is 226 cm³/mol. The fourth-order valence-electron chi connectivity index (χ4n) is 9.10. The van der Waals surface area contributed by atoms with Crippen LogP contribution in [0.3, 0.4) is 0 Å². The molecule has 0 N–H and O–H groups in total. The zero-order chi connectivity index (χ0) is 35.5. The molecule has 1 unspecified atom stereocenters. The third kappa shape index (κ3) is 4.79. The van der Waals surface area contributed by atoms with E-state index in [4.69, 9.17) is 12.6 Å². The molecule has 2 heteroatoms. The number of nitrogens with zero attached hydrogens (tertiary/aromatic N) is 1. The Kier molecular flexibility index (Phi) is 7.49. The van der Waals surface area contributed by atoms with Crippen LogP contribution in [0.5, 0.6) is 0 Å². The van der Waals surface area contributed by atoms with Gasteiger partial charge in [0.05, 0.1) is 5.41 Å². The van der Waals surface area contributed by atoms with Crippen molar-refractivity contribution in [1.29, 1.82) is 0 Å². The summed E-state index contributed by atoms with van der Waals surface area (Å²) in [5.41, 5.74) is 21.1. The van der Waals surface area contributed by atoms with Crippen LogP contribution in [-0.2, 0) is 11.2 Å². The van der Waals surface area contributed by atoms with Gasteiger partial charge in [0.1, 0.15) is 0 Å². The van der Waals surface area contributed by atoms with E-state index in [1.807, 2.05) is 0 Å². The largest absolute Gasteiger partial charge is 0.311 e. The third-order valence-corrected chi connectivity index (χ3v) is 11.7. The summed E-state index contributed by atoms with van der Waals surface area (Å²) in [6.45, 7) is 2.22. The summed E-state index contributed by atoms with van der Waals surface area (Å²) < 4.78 is 0. The molecule has 0 heterocycles. The van der Waals surface area contributed by atoms with Crippen LogP contribution in [0.4, 0.5) is 17.1 Å². The molecule has 0 bridgehead atoms. The molecule has 1 nitrogen and oxygen atoms in total. The van der Waals surface area contributed by atoms with Gasteiger partial charge >= 0.3 is 0 Å². The Hall–Kier alpha value is -6.09. The average molecular weight is 696 g/mol. The SMILES string of the molecule is Cc1ccc2c(c1)C1(c3ccccc3-c3cccc(-c4ccc(N(c5ccccc5)c5ccc(-c6ccccc6)cc5)cc4)c31)c1cccc(CS)c1-2. The zero-order valence-electron chi connectivity index (χ0n) is 29.5. The number of thiol groups is 1. The van der Waals surface area contributed by atoms with Crippen LogP contribution >= 0.6 is 12.6 Å². The van der Waals surface area contributed by atoms with Gasteiger partial charge in [-0.25, -0.2) is 0 Å². The quantitative estimate of drug-likeness (QED) is 0.170. The van der Waals surface area contributed by atoms with Gasteiger partial charge in [0, 0.05) is 22.8 Å². The maximum absolute atomic E-state index is 4.84. The third-order valence-electron chi connectivity index (χ3n) is 11.3. The fourth-order valence-corrected chi connectivity index (χ4v) is 9.37. The van der Waals surface area contributed by atoms with E-state index in [1.54, 1.807) is 0 Å². The van der Waals surface area contributed by atoms with Crippen molar-refractivity contribution in [3.63, 3.8) is 0 Å². The average Bonchev–Trinajstić information content (AvgIpc) is 3.69. The first-order chi connectivity index (χ1) is 26.2. The highest BCUT2D eigenvalue weighted by Gasteiger charge is 2.53.